The Morgan fingerprint density at radius 2 is 0.839 bits per heavy atom. The van der Waals surface area contributed by atoms with Crippen molar-refractivity contribution < 1.29 is 4.42 Å². The fourth-order valence-corrected chi connectivity index (χ4v) is 10.2. The van der Waals surface area contributed by atoms with Crippen LogP contribution in [0.1, 0.15) is 44.5 Å². The fraction of sp³-hybridized carbons (Fsp3) is 0.0847. The van der Waals surface area contributed by atoms with Crippen LogP contribution in [0.3, 0.4) is 0 Å². The zero-order chi connectivity index (χ0) is 42.0. The highest BCUT2D eigenvalue weighted by Gasteiger charge is 2.49. The summed E-state index contributed by atoms with van der Waals surface area (Å²) >= 11 is 0. The Morgan fingerprint density at radius 3 is 1.35 bits per heavy atom. The maximum atomic E-state index is 7.25. The first-order chi connectivity index (χ1) is 30.4. The lowest BCUT2D eigenvalue weighted by Gasteiger charge is -2.36. The average molecular weight is 799 g/mol. The van der Waals surface area contributed by atoms with E-state index < -0.39 is 5.41 Å². The highest BCUT2D eigenvalue weighted by atomic mass is 16.3. The zero-order valence-corrected chi connectivity index (χ0v) is 35.4. The van der Waals surface area contributed by atoms with E-state index in [2.05, 4.69) is 244 Å². The van der Waals surface area contributed by atoms with E-state index in [1.54, 1.807) is 0 Å². The molecule has 0 radical (unpaired) electrons. The molecule has 0 spiro atoms. The van der Waals surface area contributed by atoms with Crippen molar-refractivity contribution in [2.75, 3.05) is 9.80 Å². The maximum absolute atomic E-state index is 7.25. The largest absolute Gasteiger partial charge is 0.455 e. The molecule has 1 aliphatic rings. The number of anilines is 6. The van der Waals surface area contributed by atoms with Gasteiger partial charge in [-0.15, -0.1) is 0 Å². The van der Waals surface area contributed by atoms with Crippen LogP contribution in [0, 0.1) is 27.7 Å². The third-order valence-corrected chi connectivity index (χ3v) is 13.0. The van der Waals surface area contributed by atoms with Crippen molar-refractivity contribution in [1.82, 2.24) is 0 Å². The molecule has 0 N–H and O–H groups in total. The van der Waals surface area contributed by atoms with Gasteiger partial charge in [-0.3, -0.25) is 0 Å². The molecule has 0 atom stereocenters. The quantitative estimate of drug-likeness (QED) is 0.153. The maximum Gasteiger partial charge on any atom is 0.145 e. The van der Waals surface area contributed by atoms with Gasteiger partial charge >= 0.3 is 0 Å². The molecule has 0 saturated carbocycles. The Morgan fingerprint density at radius 1 is 0.387 bits per heavy atom. The van der Waals surface area contributed by atoms with E-state index in [0.717, 1.165) is 61.6 Å². The van der Waals surface area contributed by atoms with E-state index in [1.165, 1.54) is 50.1 Å². The Kier molecular flexibility index (Phi) is 8.94. The minimum Gasteiger partial charge on any atom is -0.455 e. The lowest BCUT2D eigenvalue weighted by molar-refractivity contribution is 0.669. The van der Waals surface area contributed by atoms with Crippen LogP contribution in [0.25, 0.3) is 33.1 Å². The lowest BCUT2D eigenvalue weighted by Crippen LogP contribution is -2.29. The first-order valence-electron chi connectivity index (χ1n) is 21.5. The van der Waals surface area contributed by atoms with Gasteiger partial charge in [0.15, 0.2) is 0 Å². The number of aryl methyl sites for hydroxylation is 4. The van der Waals surface area contributed by atoms with Crippen LogP contribution < -0.4 is 9.80 Å². The summed E-state index contributed by atoms with van der Waals surface area (Å²) in [5, 5.41) is 2.19. The van der Waals surface area contributed by atoms with Crippen LogP contribution in [-0.4, -0.2) is 0 Å². The molecule has 3 nitrogen and oxygen atoms in total. The molecule has 298 valence electrons. The number of hydrogen-bond acceptors (Lipinski definition) is 3. The first kappa shape index (κ1) is 37.4. The minimum absolute atomic E-state index is 0.725. The van der Waals surface area contributed by atoms with E-state index in [-0.39, 0.29) is 0 Å². The fourth-order valence-electron chi connectivity index (χ4n) is 10.2. The molecule has 1 heterocycles. The summed E-state index contributed by atoms with van der Waals surface area (Å²) in [5.41, 5.74) is 19.6. The molecule has 1 aromatic heterocycles. The summed E-state index contributed by atoms with van der Waals surface area (Å²) in [4.78, 5) is 4.91. The molecule has 0 saturated heterocycles. The second-order valence-electron chi connectivity index (χ2n) is 16.6. The van der Waals surface area contributed by atoms with Crippen molar-refractivity contribution in [2.45, 2.75) is 33.1 Å². The zero-order valence-electron chi connectivity index (χ0n) is 35.4. The van der Waals surface area contributed by atoms with Gasteiger partial charge in [0.2, 0.25) is 0 Å². The van der Waals surface area contributed by atoms with Crippen LogP contribution in [-0.2, 0) is 5.41 Å². The van der Waals surface area contributed by atoms with Gasteiger partial charge in [0.1, 0.15) is 11.2 Å². The summed E-state index contributed by atoms with van der Waals surface area (Å²) in [7, 11) is 0. The molecule has 1 aliphatic carbocycles. The van der Waals surface area contributed by atoms with E-state index in [4.69, 9.17) is 4.42 Å². The second-order valence-corrected chi connectivity index (χ2v) is 16.6. The van der Waals surface area contributed by atoms with Gasteiger partial charge in [-0.25, -0.2) is 0 Å². The molecule has 0 bridgehead atoms. The van der Waals surface area contributed by atoms with Crippen molar-refractivity contribution >= 4 is 56.1 Å². The Labute approximate surface area is 363 Å². The van der Waals surface area contributed by atoms with Crippen LogP contribution in [0.4, 0.5) is 34.1 Å². The number of furan rings is 1. The van der Waals surface area contributed by atoms with Crippen molar-refractivity contribution in [2.24, 2.45) is 0 Å². The molecule has 62 heavy (non-hydrogen) atoms. The van der Waals surface area contributed by atoms with Crippen LogP contribution in [0.2, 0.25) is 0 Å². The van der Waals surface area contributed by atoms with Gasteiger partial charge in [-0.1, -0.05) is 158 Å². The lowest BCUT2D eigenvalue weighted by atomic mass is 9.67. The third kappa shape index (κ3) is 5.65. The van der Waals surface area contributed by atoms with Crippen molar-refractivity contribution in [3.8, 4) is 11.1 Å². The van der Waals surface area contributed by atoms with Gasteiger partial charge in [0.05, 0.1) is 16.5 Å². The average Bonchev–Trinajstić information content (AvgIpc) is 3.84. The predicted molar refractivity (Wildman–Crippen MR) is 259 cm³/mol. The third-order valence-electron chi connectivity index (χ3n) is 13.0. The Balaban J connectivity index is 1.32. The number of benzene rings is 9. The smallest absolute Gasteiger partial charge is 0.145 e. The summed E-state index contributed by atoms with van der Waals surface area (Å²) in [6.45, 7) is 8.83. The standard InChI is InChI=1S/C59H46N2O/c1-39-21-11-16-30-50(39)60(51-31-17-12-22-40(51)2)45-35-36-46-48(37-45)59(43-25-7-5-8-26-43,44-27-9-6-10-28-44)49-38-54(57-47-29-15-20-34-55(47)62-58(57)56(46)49)61(52-32-18-13-23-41(52)3)53-33-19-14-24-42(53)4/h5-38H,1-4H3. The molecule has 0 aliphatic heterocycles. The summed E-state index contributed by atoms with van der Waals surface area (Å²) in [5.74, 6) is 0. The highest BCUT2D eigenvalue weighted by Crippen LogP contribution is 2.62. The number of hydrogen-bond donors (Lipinski definition) is 0. The predicted octanol–water partition coefficient (Wildman–Crippen LogP) is 16.1. The van der Waals surface area contributed by atoms with Crippen molar-refractivity contribution in [3.05, 3.63) is 251 Å². The van der Waals surface area contributed by atoms with Crippen molar-refractivity contribution in [3.63, 3.8) is 0 Å². The van der Waals surface area contributed by atoms with Crippen molar-refractivity contribution in [1.29, 1.82) is 0 Å². The number of rotatable bonds is 8. The van der Waals surface area contributed by atoms with Gasteiger partial charge in [0.25, 0.3) is 0 Å². The molecular formula is C59H46N2O. The van der Waals surface area contributed by atoms with Gasteiger partial charge in [0, 0.05) is 39.4 Å². The Hall–Kier alpha value is -7.62. The van der Waals surface area contributed by atoms with Gasteiger partial charge in [-0.2, -0.15) is 0 Å². The topological polar surface area (TPSA) is 19.6 Å². The summed E-state index contributed by atoms with van der Waals surface area (Å²) in [6, 6.07) is 75.3. The number of para-hydroxylation sites is 5. The minimum atomic E-state index is -0.725. The molecule has 0 unspecified atom stereocenters. The van der Waals surface area contributed by atoms with E-state index in [1.807, 2.05) is 0 Å². The molecule has 11 rings (SSSR count). The van der Waals surface area contributed by atoms with Crippen LogP contribution in [0.5, 0.6) is 0 Å². The van der Waals surface area contributed by atoms with Crippen LogP contribution in [0.15, 0.2) is 211 Å². The molecule has 10 aromatic rings. The molecule has 0 amide bonds. The normalized spacial score (nSPS) is 12.6. The summed E-state index contributed by atoms with van der Waals surface area (Å²) < 4.78 is 7.25. The van der Waals surface area contributed by atoms with E-state index in [0.29, 0.717) is 0 Å². The molecular weight excluding hydrogens is 753 g/mol. The van der Waals surface area contributed by atoms with Gasteiger partial charge < -0.3 is 14.2 Å². The van der Waals surface area contributed by atoms with E-state index >= 15 is 0 Å². The SMILES string of the molecule is Cc1ccccc1N(c1ccc2c(c1)C(c1ccccc1)(c1ccccc1)c1cc(N(c3ccccc3C)c3ccccc3C)c3c(oc4ccccc43)c1-2)c1ccccc1C. The Bertz CT molecular complexity index is 3180. The number of nitrogens with zero attached hydrogens (tertiary/aromatic N) is 2. The highest BCUT2D eigenvalue weighted by molar-refractivity contribution is 6.19. The molecule has 3 heteroatoms. The molecule has 0 fully saturated rings. The molecule has 9 aromatic carbocycles. The second kappa shape index (κ2) is 14.8. The van der Waals surface area contributed by atoms with E-state index in [9.17, 15) is 0 Å². The summed E-state index contributed by atoms with van der Waals surface area (Å²) in [6.07, 6.45) is 0. The van der Waals surface area contributed by atoms with Crippen LogP contribution >= 0.6 is 0 Å². The first-order valence-corrected chi connectivity index (χ1v) is 21.5. The number of fused-ring (bicyclic) bond motifs is 7. The monoisotopic (exact) mass is 798 g/mol. The van der Waals surface area contributed by atoms with Gasteiger partial charge in [-0.05, 0) is 126 Å².